The Labute approximate surface area is 123 Å². The monoisotopic (exact) mass is 283 g/mol. The Morgan fingerprint density at radius 2 is 2.10 bits per heavy atom. The summed E-state index contributed by atoms with van der Waals surface area (Å²) in [6.07, 6.45) is 2.26. The summed E-state index contributed by atoms with van der Waals surface area (Å²) in [6, 6.07) is 5.54. The van der Waals surface area contributed by atoms with E-state index in [1.165, 1.54) is 13.4 Å². The van der Waals surface area contributed by atoms with Crippen molar-refractivity contribution in [3.63, 3.8) is 0 Å². The van der Waals surface area contributed by atoms with Gasteiger partial charge in [-0.3, -0.25) is 0 Å². The summed E-state index contributed by atoms with van der Waals surface area (Å²) in [4.78, 5) is 20.2. The second kappa shape index (κ2) is 4.55. The molecule has 0 radical (unpaired) electrons. The highest BCUT2D eigenvalue weighted by molar-refractivity contribution is 5.91. The molecule has 3 rings (SSSR count). The number of esters is 1. The third kappa shape index (κ3) is 2.05. The van der Waals surface area contributed by atoms with E-state index in [-0.39, 0.29) is 11.4 Å². The fourth-order valence-electron chi connectivity index (χ4n) is 3.05. The summed E-state index contributed by atoms with van der Waals surface area (Å²) >= 11 is 0. The molecule has 108 valence electrons. The number of ether oxygens (including phenoxy) is 1. The molecule has 0 bridgehead atoms. The van der Waals surface area contributed by atoms with Crippen LogP contribution in [0.3, 0.4) is 0 Å². The second-order valence-corrected chi connectivity index (χ2v) is 5.91. The minimum absolute atomic E-state index is 0.178. The van der Waals surface area contributed by atoms with Gasteiger partial charge in [0.05, 0.1) is 18.4 Å². The van der Waals surface area contributed by atoms with E-state index in [1.807, 2.05) is 12.1 Å². The smallest absolute Gasteiger partial charge is 0.337 e. The lowest BCUT2D eigenvalue weighted by atomic mass is 9.71. The molecule has 5 heteroatoms. The van der Waals surface area contributed by atoms with Crippen LogP contribution in [0.25, 0.3) is 11.3 Å². The molecule has 0 aliphatic heterocycles. The zero-order valence-corrected chi connectivity index (χ0v) is 12.3. The van der Waals surface area contributed by atoms with Crippen LogP contribution in [-0.4, -0.2) is 23.0 Å². The average Bonchev–Trinajstić information content (AvgIpc) is 2.45. The van der Waals surface area contributed by atoms with E-state index >= 15 is 0 Å². The van der Waals surface area contributed by atoms with E-state index in [1.54, 1.807) is 6.07 Å². The first-order valence-corrected chi connectivity index (χ1v) is 6.76. The van der Waals surface area contributed by atoms with Crippen LogP contribution < -0.4 is 5.73 Å². The van der Waals surface area contributed by atoms with Crippen LogP contribution in [-0.2, 0) is 16.6 Å². The Morgan fingerprint density at radius 1 is 1.33 bits per heavy atom. The maximum absolute atomic E-state index is 11.7. The first-order valence-electron chi connectivity index (χ1n) is 6.76. The van der Waals surface area contributed by atoms with Gasteiger partial charge < -0.3 is 10.5 Å². The maximum Gasteiger partial charge on any atom is 0.337 e. The molecule has 5 nitrogen and oxygen atoms in total. The molecule has 0 saturated heterocycles. The van der Waals surface area contributed by atoms with Crippen LogP contribution in [0.5, 0.6) is 0 Å². The molecule has 0 saturated carbocycles. The molecule has 0 spiro atoms. The molecular weight excluding hydrogens is 266 g/mol. The third-order valence-corrected chi connectivity index (χ3v) is 3.97. The van der Waals surface area contributed by atoms with Crippen molar-refractivity contribution < 1.29 is 9.53 Å². The van der Waals surface area contributed by atoms with E-state index < -0.39 is 0 Å². The van der Waals surface area contributed by atoms with E-state index in [9.17, 15) is 4.79 Å². The molecule has 1 aliphatic rings. The number of carbonyl (C=O) groups excluding carboxylic acids is 1. The molecule has 0 amide bonds. The molecule has 0 unspecified atom stereocenters. The normalized spacial score (nSPS) is 15.0. The van der Waals surface area contributed by atoms with Gasteiger partial charge in [0.1, 0.15) is 12.1 Å². The van der Waals surface area contributed by atoms with Crippen molar-refractivity contribution in [2.24, 2.45) is 0 Å². The van der Waals surface area contributed by atoms with Crippen molar-refractivity contribution in [2.45, 2.75) is 25.7 Å². The van der Waals surface area contributed by atoms with Gasteiger partial charge in [0.2, 0.25) is 0 Å². The second-order valence-electron chi connectivity index (χ2n) is 5.91. The number of rotatable bonds is 1. The molecule has 0 atom stereocenters. The zero-order chi connectivity index (χ0) is 15.2. The van der Waals surface area contributed by atoms with Crippen LogP contribution in [0.2, 0.25) is 0 Å². The van der Waals surface area contributed by atoms with Crippen LogP contribution in [0, 0.1) is 0 Å². The highest BCUT2D eigenvalue weighted by atomic mass is 16.5. The van der Waals surface area contributed by atoms with Crippen molar-refractivity contribution in [1.29, 1.82) is 0 Å². The topological polar surface area (TPSA) is 78.1 Å². The van der Waals surface area contributed by atoms with Gasteiger partial charge in [-0.05, 0) is 29.5 Å². The third-order valence-electron chi connectivity index (χ3n) is 3.97. The van der Waals surface area contributed by atoms with Crippen molar-refractivity contribution in [1.82, 2.24) is 9.97 Å². The fourth-order valence-corrected chi connectivity index (χ4v) is 3.05. The Kier molecular flexibility index (Phi) is 2.93. The number of aromatic nitrogens is 2. The van der Waals surface area contributed by atoms with Crippen molar-refractivity contribution in [2.75, 3.05) is 12.8 Å². The predicted molar refractivity (Wildman–Crippen MR) is 79.9 cm³/mol. The van der Waals surface area contributed by atoms with E-state index in [2.05, 4.69) is 23.8 Å². The van der Waals surface area contributed by atoms with Crippen LogP contribution in [0.4, 0.5) is 5.82 Å². The van der Waals surface area contributed by atoms with Crippen LogP contribution >= 0.6 is 0 Å². The van der Waals surface area contributed by atoms with Gasteiger partial charge in [-0.25, -0.2) is 14.8 Å². The van der Waals surface area contributed by atoms with Gasteiger partial charge in [-0.15, -0.1) is 0 Å². The molecular formula is C16H17N3O2. The van der Waals surface area contributed by atoms with E-state index in [4.69, 9.17) is 10.5 Å². The zero-order valence-electron chi connectivity index (χ0n) is 12.3. The summed E-state index contributed by atoms with van der Waals surface area (Å²) in [5, 5.41) is 0. The average molecular weight is 283 g/mol. The quantitative estimate of drug-likeness (QED) is 0.813. The summed E-state index contributed by atoms with van der Waals surface area (Å²) in [7, 11) is 1.38. The number of carbonyl (C=O) groups is 1. The lowest BCUT2D eigenvalue weighted by Gasteiger charge is -2.33. The number of anilines is 1. The van der Waals surface area contributed by atoms with Gasteiger partial charge >= 0.3 is 5.97 Å². The summed E-state index contributed by atoms with van der Waals surface area (Å²) in [6.45, 7) is 4.22. The molecule has 2 aromatic rings. The van der Waals surface area contributed by atoms with Crippen molar-refractivity contribution in [3.05, 3.63) is 41.2 Å². The van der Waals surface area contributed by atoms with E-state index in [0.717, 1.165) is 28.8 Å². The molecule has 2 N–H and O–H groups in total. The lowest BCUT2D eigenvalue weighted by molar-refractivity contribution is 0.0600. The number of methoxy groups -OCH3 is 1. The van der Waals surface area contributed by atoms with Gasteiger partial charge in [0.15, 0.2) is 0 Å². The SMILES string of the molecule is COC(=O)c1ccc2c(c1)CC(C)(C)c1c(N)ncnc1-2. The number of hydrogen-bond acceptors (Lipinski definition) is 5. The number of benzene rings is 1. The number of hydrogen-bond donors (Lipinski definition) is 1. The highest BCUT2D eigenvalue weighted by Crippen LogP contribution is 2.43. The van der Waals surface area contributed by atoms with Crippen LogP contribution in [0.15, 0.2) is 24.5 Å². The van der Waals surface area contributed by atoms with Crippen LogP contribution in [0.1, 0.15) is 35.3 Å². The Bertz CT molecular complexity index is 738. The molecule has 0 fully saturated rings. The van der Waals surface area contributed by atoms with Crippen molar-refractivity contribution in [3.8, 4) is 11.3 Å². The van der Waals surface area contributed by atoms with Crippen molar-refractivity contribution >= 4 is 11.8 Å². The van der Waals surface area contributed by atoms with Gasteiger partial charge in [-0.2, -0.15) is 0 Å². The Hall–Kier alpha value is -2.43. The fraction of sp³-hybridized carbons (Fsp3) is 0.312. The largest absolute Gasteiger partial charge is 0.465 e. The Balaban J connectivity index is 2.23. The Morgan fingerprint density at radius 3 is 2.81 bits per heavy atom. The molecule has 1 aromatic carbocycles. The van der Waals surface area contributed by atoms with Gasteiger partial charge in [0.25, 0.3) is 0 Å². The predicted octanol–water partition coefficient (Wildman–Crippen LogP) is 2.35. The lowest BCUT2D eigenvalue weighted by Crippen LogP contribution is -2.28. The summed E-state index contributed by atoms with van der Waals surface area (Å²) in [5.74, 6) is 0.191. The van der Waals surface area contributed by atoms with E-state index in [0.29, 0.717) is 11.4 Å². The minimum atomic E-state index is -0.330. The molecule has 1 aliphatic carbocycles. The first kappa shape index (κ1) is 13.5. The number of nitrogen functional groups attached to an aromatic ring is 1. The first-order chi connectivity index (χ1) is 9.94. The summed E-state index contributed by atoms with van der Waals surface area (Å²) < 4.78 is 4.78. The van der Waals surface area contributed by atoms with Gasteiger partial charge in [0, 0.05) is 11.1 Å². The highest BCUT2D eigenvalue weighted by Gasteiger charge is 2.34. The molecule has 1 heterocycles. The number of nitrogens with two attached hydrogens (primary N) is 1. The number of nitrogens with zero attached hydrogens (tertiary/aromatic N) is 2. The molecule has 21 heavy (non-hydrogen) atoms. The molecule has 1 aromatic heterocycles. The minimum Gasteiger partial charge on any atom is -0.465 e. The summed E-state index contributed by atoms with van der Waals surface area (Å²) in [5.41, 5.74) is 10.3. The number of fused-ring (bicyclic) bond motifs is 3. The standard InChI is InChI=1S/C16H17N3O2/c1-16(2)7-10-6-9(15(20)21-3)4-5-11(10)13-12(16)14(17)19-8-18-13/h4-6,8H,7H2,1-3H3,(H2,17,18,19). The maximum atomic E-state index is 11.7. The van der Waals surface area contributed by atoms with Gasteiger partial charge in [-0.1, -0.05) is 19.9 Å².